The van der Waals surface area contributed by atoms with Gasteiger partial charge in [-0.2, -0.15) is 0 Å². The van der Waals surface area contributed by atoms with E-state index in [4.69, 9.17) is 9.47 Å². The van der Waals surface area contributed by atoms with E-state index < -0.39 is 49.5 Å². The highest BCUT2D eigenvalue weighted by molar-refractivity contribution is 5.76. The van der Waals surface area contributed by atoms with Crippen LogP contribution in [0.3, 0.4) is 0 Å². The number of hydrogen-bond donors (Lipinski definition) is 6. The molecular formula is C50H93NO8. The van der Waals surface area contributed by atoms with Gasteiger partial charge in [0, 0.05) is 6.42 Å². The lowest BCUT2D eigenvalue weighted by molar-refractivity contribution is -0.302. The van der Waals surface area contributed by atoms with Crippen LogP contribution in [-0.2, 0) is 14.3 Å². The molecule has 1 amide bonds. The quantitative estimate of drug-likeness (QED) is 0.0263. The second-order valence-corrected chi connectivity index (χ2v) is 17.2. The summed E-state index contributed by atoms with van der Waals surface area (Å²) in [5, 5.41) is 54.2. The molecule has 1 heterocycles. The molecule has 1 fully saturated rings. The summed E-state index contributed by atoms with van der Waals surface area (Å²) in [7, 11) is 0. The molecule has 0 aromatic carbocycles. The Morgan fingerprint density at radius 2 is 0.966 bits per heavy atom. The molecular weight excluding hydrogens is 743 g/mol. The Morgan fingerprint density at radius 3 is 1.42 bits per heavy atom. The van der Waals surface area contributed by atoms with E-state index in [9.17, 15) is 30.3 Å². The molecule has 1 aliphatic rings. The number of allylic oxidation sites excluding steroid dienone is 5. The Labute approximate surface area is 361 Å². The lowest BCUT2D eigenvalue weighted by atomic mass is 9.99. The zero-order chi connectivity index (χ0) is 43.0. The van der Waals surface area contributed by atoms with Gasteiger partial charge in [-0.25, -0.2) is 0 Å². The van der Waals surface area contributed by atoms with Crippen molar-refractivity contribution in [1.82, 2.24) is 5.32 Å². The molecule has 0 aromatic heterocycles. The SMILES string of the molecule is CCCCCCC/C=C\CCCCCCCC(=O)NC(COC1OC(CO)C(O)C(O)C1O)C(O)/C=C/CC/C=C/CCCCCCCCCCCCCCCCCC. The second-order valence-electron chi connectivity index (χ2n) is 17.2. The van der Waals surface area contributed by atoms with Gasteiger partial charge < -0.3 is 40.3 Å². The largest absolute Gasteiger partial charge is 0.394 e. The molecule has 0 spiro atoms. The molecule has 1 rings (SSSR count). The van der Waals surface area contributed by atoms with E-state index in [1.54, 1.807) is 6.08 Å². The van der Waals surface area contributed by atoms with Gasteiger partial charge in [0.2, 0.25) is 5.91 Å². The van der Waals surface area contributed by atoms with E-state index in [1.807, 2.05) is 6.08 Å². The third kappa shape index (κ3) is 31.0. The van der Waals surface area contributed by atoms with E-state index in [0.29, 0.717) is 6.42 Å². The van der Waals surface area contributed by atoms with Crippen LogP contribution in [0.2, 0.25) is 0 Å². The first-order valence-corrected chi connectivity index (χ1v) is 24.7. The summed E-state index contributed by atoms with van der Waals surface area (Å²) in [6.07, 6.45) is 43.4. The van der Waals surface area contributed by atoms with Crippen LogP contribution in [0.4, 0.5) is 0 Å². The van der Waals surface area contributed by atoms with Gasteiger partial charge in [0.1, 0.15) is 24.4 Å². The number of carbonyl (C=O) groups is 1. The predicted molar refractivity (Wildman–Crippen MR) is 244 cm³/mol. The fraction of sp³-hybridized carbons (Fsp3) is 0.860. The van der Waals surface area contributed by atoms with Crippen LogP contribution < -0.4 is 5.32 Å². The van der Waals surface area contributed by atoms with Crippen molar-refractivity contribution >= 4 is 5.91 Å². The first kappa shape index (κ1) is 55.4. The average molecular weight is 836 g/mol. The number of aliphatic hydroxyl groups excluding tert-OH is 5. The zero-order valence-electron chi connectivity index (χ0n) is 38.0. The summed E-state index contributed by atoms with van der Waals surface area (Å²) < 4.78 is 11.2. The Morgan fingerprint density at radius 1 is 0.559 bits per heavy atom. The summed E-state index contributed by atoms with van der Waals surface area (Å²) >= 11 is 0. The fourth-order valence-corrected chi connectivity index (χ4v) is 7.70. The highest BCUT2D eigenvalue weighted by atomic mass is 16.7. The number of carbonyl (C=O) groups excluding carboxylic acids is 1. The molecule has 7 unspecified atom stereocenters. The molecule has 0 bridgehead atoms. The normalized spacial score (nSPS) is 21.0. The van der Waals surface area contributed by atoms with Gasteiger partial charge in [-0.1, -0.05) is 192 Å². The maximum Gasteiger partial charge on any atom is 0.220 e. The second kappa shape index (κ2) is 40.5. The average Bonchev–Trinajstić information content (AvgIpc) is 3.23. The summed E-state index contributed by atoms with van der Waals surface area (Å²) in [6, 6.07) is -0.824. The van der Waals surface area contributed by atoms with E-state index in [1.165, 1.54) is 141 Å². The van der Waals surface area contributed by atoms with E-state index >= 15 is 0 Å². The highest BCUT2D eigenvalue weighted by Crippen LogP contribution is 2.23. The van der Waals surface area contributed by atoms with Gasteiger partial charge in [-0.3, -0.25) is 4.79 Å². The third-order valence-electron chi connectivity index (χ3n) is 11.7. The molecule has 1 aliphatic heterocycles. The minimum absolute atomic E-state index is 0.196. The van der Waals surface area contributed by atoms with Crippen LogP contribution in [0.5, 0.6) is 0 Å². The van der Waals surface area contributed by atoms with Crippen LogP contribution >= 0.6 is 0 Å². The highest BCUT2D eigenvalue weighted by Gasteiger charge is 2.44. The molecule has 9 heteroatoms. The molecule has 9 nitrogen and oxygen atoms in total. The number of amides is 1. The van der Waals surface area contributed by atoms with Gasteiger partial charge in [-0.05, 0) is 57.8 Å². The fourth-order valence-electron chi connectivity index (χ4n) is 7.70. The van der Waals surface area contributed by atoms with Gasteiger partial charge in [0.25, 0.3) is 0 Å². The van der Waals surface area contributed by atoms with Gasteiger partial charge >= 0.3 is 0 Å². The van der Waals surface area contributed by atoms with Crippen molar-refractivity contribution in [2.24, 2.45) is 0 Å². The molecule has 0 saturated carbocycles. The smallest absolute Gasteiger partial charge is 0.220 e. The molecule has 7 atom stereocenters. The predicted octanol–water partition coefficient (Wildman–Crippen LogP) is 10.8. The third-order valence-corrected chi connectivity index (χ3v) is 11.7. The van der Waals surface area contributed by atoms with Crippen molar-refractivity contribution in [2.75, 3.05) is 13.2 Å². The summed E-state index contributed by atoms with van der Waals surface area (Å²) in [6.45, 7) is 3.75. The molecule has 0 radical (unpaired) electrons. The van der Waals surface area contributed by atoms with Crippen molar-refractivity contribution in [3.05, 3.63) is 36.5 Å². The zero-order valence-corrected chi connectivity index (χ0v) is 38.0. The molecule has 59 heavy (non-hydrogen) atoms. The van der Waals surface area contributed by atoms with Crippen molar-refractivity contribution in [1.29, 1.82) is 0 Å². The van der Waals surface area contributed by atoms with Gasteiger partial charge in [0.05, 0.1) is 25.4 Å². The minimum Gasteiger partial charge on any atom is -0.394 e. The van der Waals surface area contributed by atoms with Crippen LogP contribution in [0.15, 0.2) is 36.5 Å². The lowest BCUT2D eigenvalue weighted by Crippen LogP contribution is -2.60. The molecule has 346 valence electrons. The molecule has 6 N–H and O–H groups in total. The summed E-state index contributed by atoms with van der Waals surface area (Å²) in [5.41, 5.74) is 0. The van der Waals surface area contributed by atoms with Gasteiger partial charge in [-0.15, -0.1) is 0 Å². The van der Waals surface area contributed by atoms with Crippen molar-refractivity contribution in [3.8, 4) is 0 Å². The Balaban J connectivity index is 2.33. The number of rotatable bonds is 41. The standard InChI is InChI=1S/C50H93NO8/c1-3-5-7-9-11-13-15-17-19-20-21-22-23-24-25-26-27-29-31-33-35-37-39-44(53)43(42-58-50-49(57)48(56)47(55)45(41-52)59-50)51-46(54)40-38-36-34-32-30-28-18-16-14-12-10-8-6-4-2/h16,18,29,31,37,39,43-45,47-50,52-53,55-57H,3-15,17,19-28,30,32-36,38,40-42H2,1-2H3,(H,51,54)/b18-16-,31-29+,39-37+. The maximum absolute atomic E-state index is 12.9. The van der Waals surface area contributed by atoms with E-state index in [-0.39, 0.29) is 12.5 Å². The van der Waals surface area contributed by atoms with Crippen LogP contribution in [0, 0.1) is 0 Å². The van der Waals surface area contributed by atoms with Crippen LogP contribution in [0.1, 0.15) is 219 Å². The van der Waals surface area contributed by atoms with E-state index in [0.717, 1.165) is 57.8 Å². The minimum atomic E-state index is -1.57. The summed E-state index contributed by atoms with van der Waals surface area (Å²) in [5.74, 6) is -0.196. The topological polar surface area (TPSA) is 149 Å². The Kier molecular flexibility index (Phi) is 38.0. The van der Waals surface area contributed by atoms with Crippen molar-refractivity contribution in [3.63, 3.8) is 0 Å². The molecule has 0 aromatic rings. The number of aliphatic hydroxyl groups is 5. The van der Waals surface area contributed by atoms with Crippen molar-refractivity contribution < 1.29 is 39.8 Å². The number of nitrogens with one attached hydrogen (secondary N) is 1. The number of unbranched alkanes of at least 4 members (excludes halogenated alkanes) is 27. The molecule has 1 saturated heterocycles. The Hall–Kier alpha value is -1.59. The van der Waals surface area contributed by atoms with Crippen molar-refractivity contribution in [2.45, 2.75) is 262 Å². The maximum atomic E-state index is 12.9. The monoisotopic (exact) mass is 836 g/mol. The first-order valence-electron chi connectivity index (χ1n) is 24.7. The van der Waals surface area contributed by atoms with Crippen LogP contribution in [0.25, 0.3) is 0 Å². The molecule has 0 aliphatic carbocycles. The first-order chi connectivity index (χ1) is 28.8. The number of ether oxygens (including phenoxy) is 2. The van der Waals surface area contributed by atoms with E-state index in [2.05, 4.69) is 43.5 Å². The number of hydrogen-bond acceptors (Lipinski definition) is 8. The van der Waals surface area contributed by atoms with Crippen LogP contribution in [-0.4, -0.2) is 87.5 Å². The lowest BCUT2D eigenvalue weighted by Gasteiger charge is -2.40. The summed E-state index contributed by atoms with van der Waals surface area (Å²) in [4.78, 5) is 12.9. The van der Waals surface area contributed by atoms with Gasteiger partial charge in [0.15, 0.2) is 6.29 Å². The Bertz CT molecular complexity index is 1020.